The van der Waals surface area contributed by atoms with Crippen molar-refractivity contribution in [3.05, 3.63) is 437 Å². The third-order valence-corrected chi connectivity index (χ3v) is 71.7. The van der Waals surface area contributed by atoms with Gasteiger partial charge in [-0.05, 0) is 194 Å². The maximum Gasteiger partial charge on any atom is 0.515 e. The Balaban J connectivity index is 1.00. The molecule has 6 aliphatic heterocycles. The van der Waals surface area contributed by atoms with Crippen LogP contribution in [0.15, 0.2) is 515 Å². The topological polar surface area (TPSA) is 384 Å². The largest absolute Gasteiger partial charge is 0.515 e. The molecule has 6 saturated heterocycles. The molecule has 140 heavy (non-hydrogen) atoms. The van der Waals surface area contributed by atoms with Crippen molar-refractivity contribution in [2.24, 2.45) is 0 Å². The first-order valence-corrected chi connectivity index (χ1v) is 68.4. The first-order chi connectivity index (χ1) is 67.0. The molecule has 6 fully saturated rings. The molecule has 0 radical (unpaired) electrons. The van der Waals surface area contributed by atoms with E-state index in [0.717, 1.165) is 48.5 Å². The van der Waals surface area contributed by atoms with Gasteiger partial charge in [-0.2, -0.15) is 0 Å². The predicted octanol–water partition coefficient (Wildman–Crippen LogP) is 9.68. The van der Waals surface area contributed by atoms with Gasteiger partial charge in [0.25, 0.3) is 0 Å². The van der Waals surface area contributed by atoms with E-state index in [-0.39, 0.29) is 39.2 Å². The Morgan fingerprint density at radius 1 is 0.107 bits per heavy atom. The summed E-state index contributed by atoms with van der Waals surface area (Å²) in [5, 5.41) is -4.12. The Morgan fingerprint density at radius 3 is 0.286 bits per heavy atom. The van der Waals surface area contributed by atoms with Crippen molar-refractivity contribution in [2.75, 3.05) is 0 Å². The molecule has 6 heterocycles. The fourth-order valence-corrected chi connectivity index (χ4v) is 74.6. The second kappa shape index (κ2) is 35.2. The summed E-state index contributed by atoms with van der Waals surface area (Å²) < 4.78 is 359. The van der Waals surface area contributed by atoms with Crippen LogP contribution in [0, 0.1) is 0 Å². The minimum absolute atomic E-state index is 0.292. The molecule has 44 heteroatoms. The highest BCUT2D eigenvalue weighted by atomic mass is 32.2. The maximum atomic E-state index is 16.0. The van der Waals surface area contributed by atoms with Crippen LogP contribution in [0.2, 0.25) is 0 Å². The fraction of sp³-hybridized carbons (Fsp3) is 0. The van der Waals surface area contributed by atoms with Gasteiger partial charge in [-0.25, -0.2) is 67.3 Å². The summed E-state index contributed by atoms with van der Waals surface area (Å²) in [4.78, 5) is -6.85. The van der Waals surface area contributed by atoms with Crippen molar-refractivity contribution in [1.29, 1.82) is 0 Å². The van der Waals surface area contributed by atoms with E-state index in [1.807, 2.05) is 0 Å². The lowest BCUT2D eigenvalue weighted by Gasteiger charge is -2.62. The van der Waals surface area contributed by atoms with E-state index in [0.29, 0.717) is 0 Å². The molecule has 0 aliphatic carbocycles. The van der Waals surface area contributed by atoms with Crippen molar-refractivity contribution in [3.63, 3.8) is 0 Å². The molecular formula is C96H72O28S8Si8. The van der Waals surface area contributed by atoms with Crippen LogP contribution in [0.1, 0.15) is 0 Å². The molecular weight excluding hydrogens is 2080 g/mol. The SMILES string of the molecule is O=S(=O)(c1ccccc1)c1cccc([Si]23O[Si]4(c5cccc(S(=O)(=O)c6ccccc6)c5)O[Si]5(c6cccc(S(=O)(=O)c7ccccc7)c6)O[Si](c6cccc(S(=O)(=O)c7ccccc7)c6)(O2)O[Si]2(c6cccc(S(=O)(=O)c7ccccc7)c6)O[Si](c6cccc(S(=O)(=O)c7ccccc7)c6)(O3)O[Si](c3cccc(S(=O)(=O)c6ccccc6)c3)(O4)O[Si](c3cccc(S(=O)(=O)c4ccccc4)c3)(O5)O2)c1. The van der Waals surface area contributed by atoms with E-state index in [1.165, 1.54) is 340 Å². The summed E-state index contributed by atoms with van der Waals surface area (Å²) in [6.07, 6.45) is 0. The zero-order valence-electron chi connectivity index (χ0n) is 72.3. The molecule has 28 nitrogen and oxygen atoms in total. The molecule has 22 rings (SSSR count). The van der Waals surface area contributed by atoms with Crippen LogP contribution in [0.3, 0.4) is 0 Å². The Labute approximate surface area is 815 Å². The molecule has 8 bridgehead atoms. The van der Waals surface area contributed by atoms with E-state index in [2.05, 4.69) is 0 Å². The Morgan fingerprint density at radius 2 is 0.193 bits per heavy atom. The average molecular weight is 2150 g/mol. The van der Waals surface area contributed by atoms with Crippen LogP contribution < -0.4 is 41.5 Å². The van der Waals surface area contributed by atoms with Crippen LogP contribution in [-0.2, 0) is 128 Å². The molecule has 0 atom stereocenters. The Bertz CT molecular complexity index is 7070. The summed E-state index contributed by atoms with van der Waals surface area (Å²) in [6.45, 7) is 0. The maximum absolute atomic E-state index is 16.0. The van der Waals surface area contributed by atoms with Crippen molar-refractivity contribution in [1.82, 2.24) is 0 Å². The lowest BCUT2D eigenvalue weighted by Crippen LogP contribution is -2.96. The standard InChI is InChI=1S/C96H72O28S8Si8/c97-125(98,73-33-9-1-10-34-73)81-49-25-57-89(65-81)133-113-134(90-58-26-50-82(66-90)126(99,100)74-35-11-2-12-36-74)116-137(93-61-29-53-85(69-93)129(105,106)77-41-17-5-18-42-77)118-135(114-133,91-59-27-51-83(67-91)127(101,102)75-37-13-3-14-38-75)120-139(95-63-31-55-87(71-95)131(109,110)79-45-21-7-22-46-79)121-136(115-133,92-60-28-52-84(68-92)128(103,104)76-39-15-4-16-40-76)119-138(117-134,94-62-30-54-86(70-94)130(107,108)78-43-19-6-20-44-78)123-140(122-137,124-139)96-64-32-56-88(72-96)132(111,112)80-47-23-8-24-48-80/h1-72H. The van der Waals surface area contributed by atoms with Gasteiger partial charge in [0, 0.05) is 41.5 Å². The first-order valence-electron chi connectivity index (χ1n) is 42.7. The molecule has 0 amide bonds. The van der Waals surface area contributed by atoms with Gasteiger partial charge in [0.1, 0.15) is 0 Å². The lowest BCUT2D eigenvalue weighted by molar-refractivity contribution is -0.00314. The van der Waals surface area contributed by atoms with Crippen molar-refractivity contribution in [3.8, 4) is 0 Å². The predicted molar refractivity (Wildman–Crippen MR) is 523 cm³/mol. The third kappa shape index (κ3) is 16.4. The molecule has 704 valence electrons. The summed E-state index contributed by atoms with van der Waals surface area (Å²) in [5.74, 6) is 0. The molecule has 0 N–H and O–H groups in total. The lowest BCUT2D eigenvalue weighted by atomic mass is 10.4. The van der Waals surface area contributed by atoms with Gasteiger partial charge in [0.05, 0.1) is 78.3 Å². The zero-order chi connectivity index (χ0) is 97.3. The second-order valence-electron chi connectivity index (χ2n) is 32.4. The molecule has 0 spiro atoms. The summed E-state index contributed by atoms with van der Waals surface area (Å²) in [7, 11) is -92.6. The van der Waals surface area contributed by atoms with Gasteiger partial charge < -0.3 is 49.4 Å². The molecule has 16 aromatic carbocycles. The minimum Gasteiger partial charge on any atom is -0.366 e. The fourth-order valence-electron chi connectivity index (χ4n) is 16.8. The Hall–Kier alpha value is -11.6. The number of rotatable bonds is 24. The summed E-state index contributed by atoms with van der Waals surface area (Å²) in [5.41, 5.74) is 0. The second-order valence-corrected chi connectivity index (χ2v) is 71.3. The van der Waals surface area contributed by atoms with Crippen LogP contribution >= 0.6 is 0 Å². The van der Waals surface area contributed by atoms with E-state index in [4.69, 9.17) is 49.4 Å². The molecule has 0 saturated carbocycles. The third-order valence-electron chi connectivity index (χ3n) is 23.6. The van der Waals surface area contributed by atoms with Gasteiger partial charge in [0.15, 0.2) is 0 Å². The highest BCUT2D eigenvalue weighted by Crippen LogP contribution is 2.51. The van der Waals surface area contributed by atoms with E-state index in [9.17, 15) is 0 Å². The highest BCUT2D eigenvalue weighted by molar-refractivity contribution is 7.93. The number of hydrogen-bond donors (Lipinski definition) is 0. The van der Waals surface area contributed by atoms with Crippen LogP contribution in [0.25, 0.3) is 0 Å². The van der Waals surface area contributed by atoms with Crippen molar-refractivity contribution < 1.29 is 117 Å². The number of benzene rings is 16. The van der Waals surface area contributed by atoms with Crippen LogP contribution in [0.4, 0.5) is 0 Å². The van der Waals surface area contributed by atoms with Crippen LogP contribution in [-0.4, -0.2) is 138 Å². The Kier molecular flexibility index (Phi) is 23.8. The zero-order valence-corrected chi connectivity index (χ0v) is 86.8. The molecule has 16 aromatic rings. The summed E-state index contributed by atoms with van der Waals surface area (Å²) >= 11 is 0. The average Bonchev–Trinajstić information content (AvgIpc) is 0.660. The van der Waals surface area contributed by atoms with Gasteiger partial charge in [-0.15, -0.1) is 0 Å². The number of hydrogen-bond acceptors (Lipinski definition) is 28. The van der Waals surface area contributed by atoms with E-state index < -0.39 is 230 Å². The normalized spacial score (nSPS) is 23.2. The molecule has 0 aromatic heterocycles. The van der Waals surface area contributed by atoms with Gasteiger partial charge in [0.2, 0.25) is 78.7 Å². The highest BCUT2D eigenvalue weighted by Gasteiger charge is 2.87. The van der Waals surface area contributed by atoms with Gasteiger partial charge in [-0.1, -0.05) is 243 Å². The minimum atomic E-state index is -6.71. The van der Waals surface area contributed by atoms with Crippen LogP contribution in [0.5, 0.6) is 0 Å². The summed E-state index contributed by atoms with van der Waals surface area (Å²) in [6, 6.07) is 95.8. The first kappa shape index (κ1) is 94.6. The van der Waals surface area contributed by atoms with Crippen molar-refractivity contribution in [2.45, 2.75) is 78.3 Å². The quantitative estimate of drug-likeness (QED) is 0.0508. The van der Waals surface area contributed by atoms with E-state index >= 15 is 67.3 Å². The number of sulfone groups is 8. The van der Waals surface area contributed by atoms with Gasteiger partial charge >= 0.3 is 70.4 Å². The molecule has 0 unspecified atom stereocenters. The van der Waals surface area contributed by atoms with Crippen molar-refractivity contribution >= 4 is 191 Å². The smallest absolute Gasteiger partial charge is 0.366 e. The monoisotopic (exact) mass is 2150 g/mol. The van der Waals surface area contributed by atoms with Gasteiger partial charge in [-0.3, -0.25) is 0 Å². The molecule has 6 aliphatic rings. The van der Waals surface area contributed by atoms with E-state index in [1.54, 1.807) is 48.5 Å².